The number of carbonyl (C=O) groups excluding carboxylic acids is 2. The lowest BCUT2D eigenvalue weighted by Crippen LogP contribution is -2.37. The molecule has 3 aromatic rings. The molecule has 0 radical (unpaired) electrons. The minimum absolute atomic E-state index is 0.0391. The second kappa shape index (κ2) is 9.23. The van der Waals surface area contributed by atoms with Crippen molar-refractivity contribution in [1.82, 2.24) is 5.32 Å². The molecule has 158 valence electrons. The summed E-state index contributed by atoms with van der Waals surface area (Å²) in [5, 5.41) is 6.46. The van der Waals surface area contributed by atoms with Crippen molar-refractivity contribution >= 4 is 29.1 Å². The summed E-state index contributed by atoms with van der Waals surface area (Å²) in [6.07, 6.45) is 0.555. The maximum Gasteiger partial charge on any atom is 0.255 e. The fraction of sp³-hybridized carbons (Fsp3) is 0.200. The number of amides is 2. The zero-order chi connectivity index (χ0) is 21.8. The molecule has 0 spiro atoms. The van der Waals surface area contributed by atoms with Crippen molar-refractivity contribution in [3.8, 4) is 5.75 Å². The molecule has 0 saturated heterocycles. The Balaban J connectivity index is 1.39. The number of nitrogens with one attached hydrogen (secondary N) is 2. The summed E-state index contributed by atoms with van der Waals surface area (Å²) in [5.41, 5.74) is 4.30. The predicted molar refractivity (Wildman–Crippen MR) is 122 cm³/mol. The number of hydrogen-bond acceptors (Lipinski definition) is 3. The summed E-state index contributed by atoms with van der Waals surface area (Å²) < 4.78 is 5.80. The van der Waals surface area contributed by atoms with Gasteiger partial charge in [0.1, 0.15) is 12.4 Å². The van der Waals surface area contributed by atoms with Gasteiger partial charge >= 0.3 is 0 Å². The Morgan fingerprint density at radius 3 is 2.65 bits per heavy atom. The molecule has 1 aliphatic heterocycles. The van der Waals surface area contributed by atoms with Crippen LogP contribution < -0.4 is 15.4 Å². The highest BCUT2D eigenvalue weighted by Gasteiger charge is 2.26. The lowest BCUT2D eigenvalue weighted by atomic mass is 9.95. The molecular formula is C25H23ClN2O3. The molecule has 1 unspecified atom stereocenters. The number of anilines is 1. The average Bonchev–Trinajstić information content (AvgIpc) is 2.77. The molecule has 1 heterocycles. The molecule has 1 atom stereocenters. The van der Waals surface area contributed by atoms with Gasteiger partial charge in [0.15, 0.2) is 0 Å². The molecule has 0 aromatic heterocycles. The van der Waals surface area contributed by atoms with Gasteiger partial charge in [-0.1, -0.05) is 41.4 Å². The van der Waals surface area contributed by atoms with Gasteiger partial charge in [0.05, 0.1) is 5.92 Å². The van der Waals surface area contributed by atoms with Crippen LogP contribution in [0, 0.1) is 12.8 Å². The third-order valence-corrected chi connectivity index (χ3v) is 5.50. The Labute approximate surface area is 186 Å². The van der Waals surface area contributed by atoms with Gasteiger partial charge in [0.2, 0.25) is 5.91 Å². The van der Waals surface area contributed by atoms with E-state index in [0.29, 0.717) is 35.8 Å². The molecule has 0 aliphatic carbocycles. The van der Waals surface area contributed by atoms with Crippen molar-refractivity contribution in [1.29, 1.82) is 0 Å². The Kier molecular flexibility index (Phi) is 6.23. The minimum atomic E-state index is -0.278. The molecule has 6 heteroatoms. The highest BCUT2D eigenvalue weighted by atomic mass is 35.5. The van der Waals surface area contributed by atoms with Crippen molar-refractivity contribution < 1.29 is 14.3 Å². The molecule has 2 N–H and O–H groups in total. The van der Waals surface area contributed by atoms with E-state index < -0.39 is 0 Å². The molecule has 0 bridgehead atoms. The molecule has 0 saturated carbocycles. The second-order valence-electron chi connectivity index (χ2n) is 7.70. The molecule has 31 heavy (non-hydrogen) atoms. The molecule has 2 amide bonds. The van der Waals surface area contributed by atoms with Crippen LogP contribution in [0.4, 0.5) is 5.69 Å². The summed E-state index contributed by atoms with van der Waals surface area (Å²) in [5.74, 6) is 0.204. The summed E-state index contributed by atoms with van der Waals surface area (Å²) in [4.78, 5) is 25.1. The fourth-order valence-corrected chi connectivity index (χ4v) is 3.73. The van der Waals surface area contributed by atoms with Gasteiger partial charge in [-0.2, -0.15) is 0 Å². The van der Waals surface area contributed by atoms with Gasteiger partial charge in [0, 0.05) is 22.8 Å². The van der Waals surface area contributed by atoms with Gasteiger partial charge in [-0.05, 0) is 66.9 Å². The van der Waals surface area contributed by atoms with Crippen LogP contribution in [0.1, 0.15) is 27.0 Å². The number of halogens is 1. The number of rotatable bonds is 5. The lowest BCUT2D eigenvalue weighted by Gasteiger charge is -2.25. The first-order valence-electron chi connectivity index (χ1n) is 10.1. The van der Waals surface area contributed by atoms with E-state index in [2.05, 4.69) is 16.7 Å². The summed E-state index contributed by atoms with van der Waals surface area (Å²) in [7, 11) is 0. The van der Waals surface area contributed by atoms with Crippen molar-refractivity contribution in [2.24, 2.45) is 5.92 Å². The number of ether oxygens (including phenoxy) is 1. The predicted octanol–water partition coefficient (Wildman–Crippen LogP) is 4.77. The quantitative estimate of drug-likeness (QED) is 0.608. The van der Waals surface area contributed by atoms with Crippen molar-refractivity contribution in [3.63, 3.8) is 0 Å². The first-order chi connectivity index (χ1) is 15.0. The van der Waals surface area contributed by atoms with E-state index in [1.165, 1.54) is 0 Å². The average molecular weight is 435 g/mol. The molecule has 3 aromatic carbocycles. The lowest BCUT2D eigenvalue weighted by molar-refractivity contribution is -0.126. The highest BCUT2D eigenvalue weighted by Crippen LogP contribution is 2.30. The van der Waals surface area contributed by atoms with Crippen LogP contribution in [0.2, 0.25) is 5.02 Å². The van der Waals surface area contributed by atoms with E-state index in [0.717, 1.165) is 22.4 Å². The van der Waals surface area contributed by atoms with Crippen LogP contribution in [0.5, 0.6) is 5.75 Å². The highest BCUT2D eigenvalue weighted by molar-refractivity contribution is 6.30. The Hall–Kier alpha value is -3.31. The number of aryl methyl sites for hydroxylation is 1. The van der Waals surface area contributed by atoms with Gasteiger partial charge in [-0.15, -0.1) is 0 Å². The maximum absolute atomic E-state index is 12.7. The first kappa shape index (κ1) is 20.9. The van der Waals surface area contributed by atoms with Crippen LogP contribution in [0.15, 0.2) is 66.7 Å². The van der Waals surface area contributed by atoms with Crippen molar-refractivity contribution in [2.45, 2.75) is 19.9 Å². The molecule has 5 nitrogen and oxygen atoms in total. The molecule has 0 fully saturated rings. The van der Waals surface area contributed by atoms with Crippen LogP contribution in [-0.2, 0) is 17.8 Å². The van der Waals surface area contributed by atoms with E-state index in [-0.39, 0.29) is 17.7 Å². The summed E-state index contributed by atoms with van der Waals surface area (Å²) in [6.45, 7) is 2.85. The largest absolute Gasteiger partial charge is 0.492 e. The first-order valence-corrected chi connectivity index (χ1v) is 10.5. The molecule has 4 rings (SSSR count). The Morgan fingerprint density at radius 1 is 1.06 bits per heavy atom. The zero-order valence-electron chi connectivity index (χ0n) is 17.2. The Bertz CT molecular complexity index is 1110. The summed E-state index contributed by atoms with van der Waals surface area (Å²) in [6, 6.07) is 20.3. The van der Waals surface area contributed by atoms with Gasteiger partial charge in [0.25, 0.3) is 5.91 Å². The SMILES string of the molecule is Cc1cccc(CNC(=O)C2COc3ccc(NC(=O)c4ccc(Cl)cc4)cc3C2)c1. The minimum Gasteiger partial charge on any atom is -0.492 e. The fourth-order valence-electron chi connectivity index (χ4n) is 3.60. The number of benzene rings is 3. The van der Waals surface area contributed by atoms with Crippen LogP contribution in [0.25, 0.3) is 0 Å². The van der Waals surface area contributed by atoms with E-state index in [4.69, 9.17) is 16.3 Å². The number of fused-ring (bicyclic) bond motifs is 1. The number of carbonyl (C=O) groups is 2. The summed E-state index contributed by atoms with van der Waals surface area (Å²) >= 11 is 5.88. The van der Waals surface area contributed by atoms with E-state index in [1.807, 2.05) is 37.3 Å². The van der Waals surface area contributed by atoms with Crippen LogP contribution in [0.3, 0.4) is 0 Å². The topological polar surface area (TPSA) is 67.4 Å². The van der Waals surface area contributed by atoms with Gasteiger partial charge in [-0.25, -0.2) is 0 Å². The zero-order valence-corrected chi connectivity index (χ0v) is 17.9. The van der Waals surface area contributed by atoms with Crippen molar-refractivity contribution in [3.05, 3.63) is 94.0 Å². The standard InChI is InChI=1S/C25H23ClN2O3/c1-16-3-2-4-17(11-16)14-27-24(29)20-12-19-13-22(9-10-23(19)31-15-20)28-25(30)18-5-7-21(26)8-6-18/h2-11,13,20H,12,14-15H2,1H3,(H,27,29)(H,28,30). The van der Waals surface area contributed by atoms with E-state index in [1.54, 1.807) is 30.3 Å². The third-order valence-electron chi connectivity index (χ3n) is 5.25. The van der Waals surface area contributed by atoms with E-state index >= 15 is 0 Å². The van der Waals surface area contributed by atoms with E-state index in [9.17, 15) is 9.59 Å². The third kappa shape index (κ3) is 5.25. The van der Waals surface area contributed by atoms with Gasteiger partial charge in [-0.3, -0.25) is 9.59 Å². The molecular weight excluding hydrogens is 412 g/mol. The normalized spacial score (nSPS) is 14.8. The monoisotopic (exact) mass is 434 g/mol. The van der Waals surface area contributed by atoms with Crippen LogP contribution >= 0.6 is 11.6 Å². The maximum atomic E-state index is 12.7. The second-order valence-corrected chi connectivity index (χ2v) is 8.14. The van der Waals surface area contributed by atoms with Crippen LogP contribution in [-0.4, -0.2) is 18.4 Å². The Morgan fingerprint density at radius 2 is 1.87 bits per heavy atom. The smallest absolute Gasteiger partial charge is 0.255 e. The van der Waals surface area contributed by atoms with Crippen molar-refractivity contribution in [2.75, 3.05) is 11.9 Å². The number of hydrogen-bond donors (Lipinski definition) is 2. The van der Waals surface area contributed by atoms with Gasteiger partial charge < -0.3 is 15.4 Å². The molecule has 1 aliphatic rings.